The van der Waals surface area contributed by atoms with E-state index in [1.807, 2.05) is 0 Å². The first-order valence-electron chi connectivity index (χ1n) is 5.10. The van der Waals surface area contributed by atoms with Crippen LogP contribution >= 0.6 is 11.6 Å². The molecular formula is C11H11ClF3NO2. The van der Waals surface area contributed by atoms with E-state index < -0.39 is 29.5 Å². The Bertz CT molecular complexity index is 460. The number of hydrogen-bond donors (Lipinski definition) is 1. The van der Waals surface area contributed by atoms with Crippen LogP contribution < -0.4 is 0 Å². The molecule has 0 aliphatic heterocycles. The van der Waals surface area contributed by atoms with Gasteiger partial charge < -0.3 is 5.11 Å². The van der Waals surface area contributed by atoms with Crippen LogP contribution in [0.3, 0.4) is 0 Å². The third kappa shape index (κ3) is 3.13. The summed E-state index contributed by atoms with van der Waals surface area (Å²) >= 11 is 5.69. The summed E-state index contributed by atoms with van der Waals surface area (Å²) in [5.74, 6) is -2.74. The van der Waals surface area contributed by atoms with E-state index in [0.717, 1.165) is 6.07 Å². The molecule has 1 atom stereocenters. The van der Waals surface area contributed by atoms with Crippen molar-refractivity contribution in [3.63, 3.8) is 0 Å². The van der Waals surface area contributed by atoms with E-state index in [4.69, 9.17) is 16.7 Å². The fourth-order valence-corrected chi connectivity index (χ4v) is 1.84. The maximum atomic E-state index is 12.5. The second-order valence-electron chi connectivity index (χ2n) is 4.16. The van der Waals surface area contributed by atoms with Crippen LogP contribution in [0.15, 0.2) is 12.3 Å². The van der Waals surface area contributed by atoms with Crippen LogP contribution in [0.5, 0.6) is 0 Å². The summed E-state index contributed by atoms with van der Waals surface area (Å²) in [5, 5.41) is 8.83. The highest BCUT2D eigenvalue weighted by atomic mass is 35.5. The molecule has 3 nitrogen and oxygen atoms in total. The van der Waals surface area contributed by atoms with Gasteiger partial charge in [0.05, 0.1) is 11.5 Å². The average Bonchev–Trinajstić information content (AvgIpc) is 2.18. The summed E-state index contributed by atoms with van der Waals surface area (Å²) in [5.41, 5.74) is -1.12. The molecule has 1 rings (SSSR count). The highest BCUT2D eigenvalue weighted by Gasteiger charge is 2.34. The number of halogens is 4. The third-order valence-corrected chi connectivity index (χ3v) is 2.78. The number of pyridine rings is 1. The number of aromatic nitrogens is 1. The third-order valence-electron chi connectivity index (χ3n) is 2.46. The Hall–Kier alpha value is -1.30. The van der Waals surface area contributed by atoms with Crippen molar-refractivity contribution in [3.05, 3.63) is 28.5 Å². The topological polar surface area (TPSA) is 50.2 Å². The lowest BCUT2D eigenvalue weighted by Gasteiger charge is -2.18. The van der Waals surface area contributed by atoms with Crippen LogP contribution in [0, 0.1) is 5.92 Å². The molecule has 0 saturated carbocycles. The normalized spacial score (nSPS) is 13.7. The van der Waals surface area contributed by atoms with Crippen molar-refractivity contribution in [2.24, 2.45) is 5.92 Å². The van der Waals surface area contributed by atoms with Gasteiger partial charge in [-0.3, -0.25) is 4.79 Å². The smallest absolute Gasteiger partial charge is 0.417 e. The van der Waals surface area contributed by atoms with Gasteiger partial charge >= 0.3 is 12.1 Å². The number of alkyl halides is 3. The summed E-state index contributed by atoms with van der Waals surface area (Å²) in [6, 6.07) is 0.744. The predicted octanol–water partition coefficient (Wildman–Crippen LogP) is 3.58. The fourth-order valence-electron chi connectivity index (χ4n) is 1.62. The molecule has 1 unspecified atom stereocenters. The first kappa shape index (κ1) is 14.8. The number of aliphatic carboxylic acids is 1. The van der Waals surface area contributed by atoms with Crippen LogP contribution in [-0.2, 0) is 11.0 Å². The molecule has 1 heterocycles. The minimum Gasteiger partial charge on any atom is -0.481 e. The maximum Gasteiger partial charge on any atom is 0.417 e. The zero-order valence-corrected chi connectivity index (χ0v) is 10.4. The van der Waals surface area contributed by atoms with Crippen molar-refractivity contribution in [3.8, 4) is 0 Å². The molecule has 1 N–H and O–H groups in total. The molecule has 0 aliphatic rings. The van der Waals surface area contributed by atoms with Gasteiger partial charge in [-0.2, -0.15) is 13.2 Å². The van der Waals surface area contributed by atoms with Crippen molar-refractivity contribution in [1.82, 2.24) is 4.98 Å². The van der Waals surface area contributed by atoms with E-state index in [0.29, 0.717) is 6.20 Å². The largest absolute Gasteiger partial charge is 0.481 e. The Labute approximate surface area is 107 Å². The minimum atomic E-state index is -4.58. The van der Waals surface area contributed by atoms with Crippen LogP contribution in [0.2, 0.25) is 5.15 Å². The van der Waals surface area contributed by atoms with E-state index in [1.165, 1.54) is 0 Å². The van der Waals surface area contributed by atoms with Crippen molar-refractivity contribution >= 4 is 17.6 Å². The van der Waals surface area contributed by atoms with Gasteiger partial charge in [0.25, 0.3) is 0 Å². The van der Waals surface area contributed by atoms with E-state index in [2.05, 4.69) is 4.98 Å². The summed E-state index contributed by atoms with van der Waals surface area (Å²) < 4.78 is 37.6. The van der Waals surface area contributed by atoms with Gasteiger partial charge in [-0.05, 0) is 12.0 Å². The molecule has 0 aromatic carbocycles. The maximum absolute atomic E-state index is 12.5. The van der Waals surface area contributed by atoms with E-state index >= 15 is 0 Å². The summed E-state index contributed by atoms with van der Waals surface area (Å²) in [6.45, 7) is 3.19. The quantitative estimate of drug-likeness (QED) is 0.862. The van der Waals surface area contributed by atoms with Crippen LogP contribution in [-0.4, -0.2) is 16.1 Å². The van der Waals surface area contributed by atoms with Crippen LogP contribution in [0.4, 0.5) is 13.2 Å². The second kappa shape index (κ2) is 5.14. The lowest BCUT2D eigenvalue weighted by molar-refractivity contribution is -0.141. The van der Waals surface area contributed by atoms with Gasteiger partial charge in [-0.15, -0.1) is 0 Å². The van der Waals surface area contributed by atoms with Gasteiger partial charge in [0.15, 0.2) is 0 Å². The highest BCUT2D eigenvalue weighted by molar-refractivity contribution is 6.30. The predicted molar refractivity (Wildman–Crippen MR) is 59.5 cm³/mol. The minimum absolute atomic E-state index is 0.117. The molecule has 1 aromatic heterocycles. The summed E-state index contributed by atoms with van der Waals surface area (Å²) in [4.78, 5) is 14.5. The molecule has 0 saturated heterocycles. The molecule has 7 heteroatoms. The summed E-state index contributed by atoms with van der Waals surface area (Å²) in [7, 11) is 0. The summed E-state index contributed by atoms with van der Waals surface area (Å²) in [6.07, 6.45) is -3.99. The number of rotatable bonds is 3. The van der Waals surface area contributed by atoms with Crippen molar-refractivity contribution in [2.75, 3.05) is 0 Å². The highest BCUT2D eigenvalue weighted by Crippen LogP contribution is 2.35. The zero-order valence-electron chi connectivity index (χ0n) is 9.62. The molecule has 1 aromatic rings. The van der Waals surface area contributed by atoms with Crippen LogP contribution in [0.1, 0.15) is 30.9 Å². The molecule has 0 fully saturated rings. The molecule has 0 spiro atoms. The number of nitrogens with zero attached hydrogens (tertiary/aromatic N) is 1. The average molecular weight is 282 g/mol. The number of carbonyl (C=O) groups is 1. The van der Waals surface area contributed by atoms with Crippen LogP contribution in [0.25, 0.3) is 0 Å². The lowest BCUT2D eigenvalue weighted by Crippen LogP contribution is -2.19. The Morgan fingerprint density at radius 2 is 2.00 bits per heavy atom. The van der Waals surface area contributed by atoms with Gasteiger partial charge in [0.2, 0.25) is 0 Å². The fraction of sp³-hybridized carbons (Fsp3) is 0.455. The molecule has 100 valence electrons. The van der Waals surface area contributed by atoms with E-state index in [9.17, 15) is 18.0 Å². The Kier molecular flexibility index (Phi) is 4.21. The molecule has 0 bridgehead atoms. The molecule has 0 radical (unpaired) electrons. The van der Waals surface area contributed by atoms with Crippen molar-refractivity contribution in [2.45, 2.75) is 25.9 Å². The number of carboxylic acid groups (broad SMARTS) is 1. The Balaban J connectivity index is 3.34. The van der Waals surface area contributed by atoms with Crippen molar-refractivity contribution in [1.29, 1.82) is 0 Å². The van der Waals surface area contributed by atoms with Gasteiger partial charge in [-0.1, -0.05) is 25.4 Å². The zero-order chi connectivity index (χ0) is 14.1. The number of hydrogen-bond acceptors (Lipinski definition) is 2. The molecule has 0 amide bonds. The Morgan fingerprint density at radius 1 is 1.44 bits per heavy atom. The standard InChI is InChI=1S/C11H11ClF3NO2/c1-5(2)8(10(17)18)7-3-6(11(13,14)15)4-16-9(7)12/h3-5,8H,1-2H3,(H,17,18). The Morgan fingerprint density at radius 3 is 2.39 bits per heavy atom. The molecule has 18 heavy (non-hydrogen) atoms. The van der Waals surface area contributed by atoms with Gasteiger partial charge in [0.1, 0.15) is 5.15 Å². The number of carboxylic acids is 1. The van der Waals surface area contributed by atoms with Gasteiger partial charge in [0, 0.05) is 11.8 Å². The molecule has 0 aliphatic carbocycles. The first-order chi connectivity index (χ1) is 8.14. The van der Waals surface area contributed by atoms with E-state index in [1.54, 1.807) is 13.8 Å². The first-order valence-corrected chi connectivity index (χ1v) is 5.47. The SMILES string of the molecule is CC(C)C(C(=O)O)c1cc(C(F)(F)F)cnc1Cl. The second-order valence-corrected chi connectivity index (χ2v) is 4.52. The monoisotopic (exact) mass is 281 g/mol. The van der Waals surface area contributed by atoms with E-state index in [-0.39, 0.29) is 10.7 Å². The lowest BCUT2D eigenvalue weighted by atomic mass is 9.89. The van der Waals surface area contributed by atoms with Crippen molar-refractivity contribution < 1.29 is 23.1 Å². The molecular weight excluding hydrogens is 271 g/mol. The van der Waals surface area contributed by atoms with Gasteiger partial charge in [-0.25, -0.2) is 4.98 Å².